The zero-order valence-corrected chi connectivity index (χ0v) is 16.3. The Labute approximate surface area is 159 Å². The number of rotatable bonds is 6. The van der Waals surface area contributed by atoms with E-state index in [0.29, 0.717) is 19.4 Å². The van der Waals surface area contributed by atoms with E-state index in [2.05, 4.69) is 5.32 Å². The van der Waals surface area contributed by atoms with Gasteiger partial charge in [0.05, 0.1) is 6.04 Å². The lowest BCUT2D eigenvalue weighted by Crippen LogP contribution is -2.48. The lowest BCUT2D eigenvalue weighted by atomic mass is 9.85. The Morgan fingerprint density at radius 3 is 2.59 bits per heavy atom. The highest BCUT2D eigenvalue weighted by Gasteiger charge is 2.33. The second-order valence-electron chi connectivity index (χ2n) is 7.03. The van der Waals surface area contributed by atoms with E-state index >= 15 is 0 Å². The van der Waals surface area contributed by atoms with Gasteiger partial charge in [-0.15, -0.1) is 0 Å². The number of amides is 2. The highest BCUT2D eigenvalue weighted by atomic mass is 32.2. The second-order valence-corrected chi connectivity index (χ2v) is 8.96. The van der Waals surface area contributed by atoms with Gasteiger partial charge in [0.2, 0.25) is 6.43 Å². The minimum Gasteiger partial charge on any atom is -0.332 e. The van der Waals surface area contributed by atoms with Gasteiger partial charge in [0.15, 0.2) is 9.84 Å². The summed E-state index contributed by atoms with van der Waals surface area (Å²) in [6.45, 7) is 2.06. The molecule has 0 spiro atoms. The molecule has 1 fully saturated rings. The van der Waals surface area contributed by atoms with Crippen LogP contribution in [0.25, 0.3) is 0 Å². The molecule has 1 aromatic rings. The van der Waals surface area contributed by atoms with Gasteiger partial charge >= 0.3 is 6.03 Å². The maximum absolute atomic E-state index is 12.8. The summed E-state index contributed by atoms with van der Waals surface area (Å²) >= 11 is 0. The third-order valence-corrected chi connectivity index (χ3v) is 5.28. The number of nitrogens with one attached hydrogen (secondary N) is 1. The molecule has 0 radical (unpaired) electrons. The molecule has 1 aliphatic heterocycles. The molecule has 5 nitrogen and oxygen atoms in total. The van der Waals surface area contributed by atoms with Crippen molar-refractivity contribution >= 4 is 15.9 Å². The molecular weight excluding hydrogens is 374 g/mol. The number of alkyl halides is 2. The van der Waals surface area contributed by atoms with Crippen molar-refractivity contribution in [3.05, 3.63) is 47.4 Å². The van der Waals surface area contributed by atoms with Crippen molar-refractivity contribution in [3.8, 4) is 0 Å². The first-order chi connectivity index (χ1) is 12.7. The Morgan fingerprint density at radius 1 is 1.33 bits per heavy atom. The summed E-state index contributed by atoms with van der Waals surface area (Å²) in [5, 5.41) is 3.82. The number of benzene rings is 1. The van der Waals surface area contributed by atoms with E-state index in [4.69, 9.17) is 0 Å². The van der Waals surface area contributed by atoms with Gasteiger partial charge in [-0.25, -0.2) is 22.0 Å². The Balaban J connectivity index is 2.12. The molecule has 2 amide bonds. The van der Waals surface area contributed by atoms with E-state index in [-0.39, 0.29) is 24.4 Å². The molecular formula is C19H26F2N2O3S. The van der Waals surface area contributed by atoms with Crippen molar-refractivity contribution in [2.75, 3.05) is 12.8 Å². The van der Waals surface area contributed by atoms with Crippen molar-refractivity contribution in [2.45, 2.75) is 44.7 Å². The third kappa shape index (κ3) is 6.93. The van der Waals surface area contributed by atoms with Crippen LogP contribution in [0.2, 0.25) is 0 Å². The second kappa shape index (κ2) is 9.30. The van der Waals surface area contributed by atoms with Gasteiger partial charge in [-0.2, -0.15) is 0 Å². The molecule has 3 atom stereocenters. The Hall–Kier alpha value is -1.96. The Bertz CT molecular complexity index is 753. The summed E-state index contributed by atoms with van der Waals surface area (Å²) in [6.07, 6.45) is 0.981. The van der Waals surface area contributed by atoms with Crippen LogP contribution in [0.3, 0.4) is 0 Å². The molecule has 2 rings (SSSR count). The molecule has 27 heavy (non-hydrogen) atoms. The highest BCUT2D eigenvalue weighted by Crippen LogP contribution is 2.36. The van der Waals surface area contributed by atoms with E-state index < -0.39 is 22.3 Å². The fraction of sp³-hybridized carbons (Fsp3) is 0.526. The van der Waals surface area contributed by atoms with Crippen molar-refractivity contribution < 1.29 is 22.0 Å². The van der Waals surface area contributed by atoms with Crippen molar-refractivity contribution in [2.24, 2.45) is 5.92 Å². The number of urea groups is 1. The average Bonchev–Trinajstić information content (AvgIpc) is 2.59. The Morgan fingerprint density at radius 2 is 2.00 bits per heavy atom. The molecule has 1 N–H and O–H groups in total. The van der Waals surface area contributed by atoms with E-state index in [1.54, 1.807) is 11.8 Å². The standard InChI is InChI=1S/C19H26F2N2O3S/c1-14(9-11-27(2,25)26)22-19(24)23-10-8-15(13-18(20)21)12-17(23)16-6-4-3-5-7-16/h3-7,9,11,14-15,17-18H,8,10,12-13H2,1-2H3,(H,22,24)/b11-9+/t14-,15+,17-/m0/s1. The van der Waals surface area contributed by atoms with Crippen molar-refractivity contribution in [1.29, 1.82) is 0 Å². The summed E-state index contributed by atoms with van der Waals surface area (Å²) in [7, 11) is -3.27. The van der Waals surface area contributed by atoms with Gasteiger partial charge < -0.3 is 10.2 Å². The monoisotopic (exact) mass is 400 g/mol. The maximum Gasteiger partial charge on any atom is 0.318 e. The van der Waals surface area contributed by atoms with E-state index in [1.807, 2.05) is 30.3 Å². The zero-order chi connectivity index (χ0) is 20.0. The van der Waals surface area contributed by atoms with E-state index in [9.17, 15) is 22.0 Å². The predicted molar refractivity (Wildman–Crippen MR) is 101 cm³/mol. The molecule has 0 saturated carbocycles. The molecule has 0 unspecified atom stereocenters. The van der Waals surface area contributed by atoms with Crippen LogP contribution in [-0.4, -0.2) is 44.6 Å². The lowest BCUT2D eigenvalue weighted by Gasteiger charge is -2.40. The first-order valence-corrected chi connectivity index (χ1v) is 10.9. The largest absolute Gasteiger partial charge is 0.332 e. The molecule has 8 heteroatoms. The predicted octanol–water partition coefficient (Wildman–Crippen LogP) is 3.75. The minimum atomic E-state index is -3.27. The van der Waals surface area contributed by atoms with Gasteiger partial charge in [-0.1, -0.05) is 36.4 Å². The number of carbonyl (C=O) groups excluding carboxylic acids is 1. The number of halogens is 2. The quantitative estimate of drug-likeness (QED) is 0.791. The van der Waals surface area contributed by atoms with Crippen LogP contribution in [0.15, 0.2) is 41.8 Å². The molecule has 1 heterocycles. The van der Waals surface area contributed by atoms with E-state index in [0.717, 1.165) is 17.2 Å². The van der Waals surface area contributed by atoms with Crippen LogP contribution >= 0.6 is 0 Å². The number of piperidine rings is 1. The first kappa shape index (κ1) is 21.3. The third-order valence-electron chi connectivity index (χ3n) is 4.63. The van der Waals surface area contributed by atoms with Gasteiger partial charge in [0.1, 0.15) is 0 Å². The zero-order valence-electron chi connectivity index (χ0n) is 15.5. The number of carbonyl (C=O) groups is 1. The van der Waals surface area contributed by atoms with E-state index in [1.165, 1.54) is 6.08 Å². The summed E-state index contributed by atoms with van der Waals surface area (Å²) in [6, 6.07) is 8.29. The van der Waals surface area contributed by atoms with Crippen LogP contribution < -0.4 is 5.32 Å². The SMILES string of the molecule is C[C@@H](/C=C/S(C)(=O)=O)NC(=O)N1CC[C@@H](CC(F)F)C[C@H]1c1ccccc1. The van der Waals surface area contributed by atoms with Crippen LogP contribution in [0.1, 0.15) is 37.8 Å². The molecule has 1 saturated heterocycles. The molecule has 1 aromatic carbocycles. The summed E-state index contributed by atoms with van der Waals surface area (Å²) in [4.78, 5) is 14.4. The molecule has 0 aliphatic carbocycles. The molecule has 0 aromatic heterocycles. The van der Waals surface area contributed by atoms with Gasteiger partial charge in [0, 0.05) is 30.7 Å². The molecule has 150 valence electrons. The average molecular weight is 400 g/mol. The van der Waals surface area contributed by atoms with Crippen LogP contribution in [0.5, 0.6) is 0 Å². The molecule has 0 bridgehead atoms. The van der Waals surface area contributed by atoms with Crippen LogP contribution in [0, 0.1) is 5.92 Å². The number of likely N-dealkylation sites (tertiary alicyclic amines) is 1. The topological polar surface area (TPSA) is 66.5 Å². The maximum atomic E-state index is 12.8. The minimum absolute atomic E-state index is 0.137. The number of nitrogens with zero attached hydrogens (tertiary/aromatic N) is 1. The first-order valence-electron chi connectivity index (χ1n) is 8.94. The van der Waals surface area contributed by atoms with Crippen LogP contribution in [0.4, 0.5) is 13.6 Å². The molecule has 1 aliphatic rings. The lowest BCUT2D eigenvalue weighted by molar-refractivity contribution is 0.0725. The summed E-state index contributed by atoms with van der Waals surface area (Å²) < 4.78 is 48.0. The fourth-order valence-electron chi connectivity index (χ4n) is 3.33. The highest BCUT2D eigenvalue weighted by molar-refractivity contribution is 7.93. The van der Waals surface area contributed by atoms with Crippen molar-refractivity contribution in [1.82, 2.24) is 10.2 Å². The summed E-state index contributed by atoms with van der Waals surface area (Å²) in [5.41, 5.74) is 0.908. The number of hydrogen-bond donors (Lipinski definition) is 1. The number of sulfone groups is 1. The number of hydrogen-bond acceptors (Lipinski definition) is 3. The van der Waals surface area contributed by atoms with Crippen LogP contribution in [-0.2, 0) is 9.84 Å². The smallest absolute Gasteiger partial charge is 0.318 e. The Kier molecular flexibility index (Phi) is 7.35. The fourth-order valence-corrected chi connectivity index (χ4v) is 3.85. The van der Waals surface area contributed by atoms with Crippen molar-refractivity contribution in [3.63, 3.8) is 0 Å². The normalized spacial score (nSPS) is 22.2. The summed E-state index contributed by atoms with van der Waals surface area (Å²) in [5.74, 6) is -0.137. The van der Waals surface area contributed by atoms with Gasteiger partial charge in [0.25, 0.3) is 0 Å². The van der Waals surface area contributed by atoms with Gasteiger partial charge in [-0.3, -0.25) is 0 Å². The van der Waals surface area contributed by atoms with Gasteiger partial charge in [-0.05, 0) is 31.2 Å².